The molecule has 0 bridgehead atoms. The molecule has 3 amide bonds. The number of fused-ring (bicyclic) bond motifs is 6. The van der Waals surface area contributed by atoms with Crippen molar-refractivity contribution in [1.82, 2.24) is 49.7 Å². The molecule has 4 aromatic heterocycles. The maximum atomic E-state index is 12.4. The third-order valence-electron chi connectivity index (χ3n) is 11.1. The molecule has 3 aliphatic rings. The van der Waals surface area contributed by atoms with Gasteiger partial charge >= 0.3 is 6.09 Å². The molecule has 6 aromatic rings. The van der Waals surface area contributed by atoms with Crippen molar-refractivity contribution < 1.29 is 27.5 Å². The number of hydrogen-bond donors (Lipinski definition) is 3. The topological polar surface area (TPSA) is 252 Å². The molecule has 0 spiro atoms. The number of anilines is 1. The lowest BCUT2D eigenvalue weighted by Gasteiger charge is -2.33. The van der Waals surface area contributed by atoms with Crippen LogP contribution >= 0.6 is 0 Å². The number of aromatic nitrogens is 8. The van der Waals surface area contributed by atoms with Gasteiger partial charge in [0.05, 0.1) is 23.1 Å². The fourth-order valence-electron chi connectivity index (χ4n) is 8.22. The Hall–Kier alpha value is -6.02. The summed E-state index contributed by atoms with van der Waals surface area (Å²) >= 11 is 0. The maximum Gasteiger partial charge on any atom is 0.410 e. The van der Waals surface area contributed by atoms with Gasteiger partial charge in [-0.15, -0.1) is 0 Å². The molecule has 324 valence electrons. The van der Waals surface area contributed by atoms with Crippen LogP contribution in [0.4, 0.5) is 10.7 Å². The number of carbonyl (C=O) groups is 3. The second-order valence-electron chi connectivity index (χ2n) is 16.6. The summed E-state index contributed by atoms with van der Waals surface area (Å²) in [4.78, 5) is 58.1. The van der Waals surface area contributed by atoms with E-state index in [4.69, 9.17) is 21.2 Å². The Bertz CT molecular complexity index is 2760. The zero-order valence-electron chi connectivity index (χ0n) is 34.1. The van der Waals surface area contributed by atoms with Gasteiger partial charge in [0, 0.05) is 66.4 Å². The van der Waals surface area contributed by atoms with E-state index in [-0.39, 0.29) is 36.5 Å². The molecular formula is C41H53N13O6S. The largest absolute Gasteiger partial charge is 0.444 e. The Morgan fingerprint density at radius 1 is 0.754 bits per heavy atom. The van der Waals surface area contributed by atoms with Crippen molar-refractivity contribution in [1.29, 1.82) is 0 Å². The van der Waals surface area contributed by atoms with Crippen molar-refractivity contribution in [3.63, 3.8) is 0 Å². The summed E-state index contributed by atoms with van der Waals surface area (Å²) in [7, 11) is -3.64. The van der Waals surface area contributed by atoms with E-state index in [1.807, 2.05) is 43.8 Å². The first-order valence-corrected chi connectivity index (χ1v) is 22.1. The maximum absolute atomic E-state index is 12.4. The molecule has 2 aromatic carbocycles. The quantitative estimate of drug-likeness (QED) is 0.198. The first kappa shape index (κ1) is 43.1. The van der Waals surface area contributed by atoms with Gasteiger partial charge in [-0.3, -0.25) is 19.0 Å². The van der Waals surface area contributed by atoms with Gasteiger partial charge in [0.15, 0.2) is 11.4 Å². The Balaban J connectivity index is 0.000000184. The molecular weight excluding hydrogens is 803 g/mol. The number of rotatable bonds is 6. The van der Waals surface area contributed by atoms with Crippen molar-refractivity contribution in [2.75, 3.05) is 50.4 Å². The molecule has 3 aliphatic heterocycles. The van der Waals surface area contributed by atoms with Crippen molar-refractivity contribution in [3.8, 4) is 0 Å². The third kappa shape index (κ3) is 8.63. The monoisotopic (exact) mass is 855 g/mol. The number of ether oxygens (including phenoxy) is 1. The standard InChI is InChI=1S/C21H26N6O5S.C19H23N7O.CH4/c1-21(2,3)32-20(29)26-9-7-13(8-10-26)27-17-14(16(25-27)18(22)28)6-5-12-11-23-19(24-15(12)17)33(4,30)31;20-18(27)16-14-4-3-12-11-22-19(25-9-1-2-10-25)23-15(12)17(14)26(24-16)13-5-7-21-8-6-13;/h5-6,11,13H,7-10H2,1-4H3,(H2,22,28);3-4,11,13,21H,1-2,5-10H2,(H2,20,27);1H4. The molecule has 0 atom stereocenters. The summed E-state index contributed by atoms with van der Waals surface area (Å²) < 4.78 is 33.2. The average molecular weight is 856 g/mol. The Morgan fingerprint density at radius 3 is 1.77 bits per heavy atom. The average Bonchev–Trinajstić information content (AvgIpc) is 3.99. The van der Waals surface area contributed by atoms with Crippen LogP contribution in [-0.2, 0) is 14.6 Å². The van der Waals surface area contributed by atoms with Crippen LogP contribution < -0.4 is 21.7 Å². The summed E-state index contributed by atoms with van der Waals surface area (Å²) in [5, 5.41) is 15.0. The lowest BCUT2D eigenvalue weighted by Crippen LogP contribution is -2.42. The molecule has 0 saturated carbocycles. The van der Waals surface area contributed by atoms with E-state index in [9.17, 15) is 22.8 Å². The lowest BCUT2D eigenvalue weighted by atomic mass is 10.0. The minimum Gasteiger partial charge on any atom is -0.444 e. The van der Waals surface area contributed by atoms with Gasteiger partial charge in [-0.05, 0) is 84.5 Å². The van der Waals surface area contributed by atoms with E-state index in [0.717, 1.165) is 73.0 Å². The Morgan fingerprint density at radius 2 is 1.26 bits per heavy atom. The number of sulfone groups is 1. The molecule has 0 radical (unpaired) electrons. The van der Waals surface area contributed by atoms with Crippen LogP contribution in [0.25, 0.3) is 43.6 Å². The highest BCUT2D eigenvalue weighted by atomic mass is 32.2. The summed E-state index contributed by atoms with van der Waals surface area (Å²) in [5.74, 6) is -0.436. The van der Waals surface area contributed by atoms with Crippen LogP contribution in [0, 0.1) is 0 Å². The van der Waals surface area contributed by atoms with Crippen molar-refractivity contribution in [2.24, 2.45) is 11.5 Å². The predicted molar refractivity (Wildman–Crippen MR) is 231 cm³/mol. The highest BCUT2D eigenvalue weighted by Crippen LogP contribution is 2.34. The van der Waals surface area contributed by atoms with E-state index < -0.39 is 27.3 Å². The van der Waals surface area contributed by atoms with Crippen LogP contribution in [0.2, 0.25) is 0 Å². The van der Waals surface area contributed by atoms with E-state index in [2.05, 4.69) is 35.4 Å². The summed E-state index contributed by atoms with van der Waals surface area (Å²) in [6.45, 7) is 10.2. The second kappa shape index (κ2) is 16.8. The molecule has 20 heteroatoms. The number of nitrogens with one attached hydrogen (secondary N) is 1. The summed E-state index contributed by atoms with van der Waals surface area (Å²) in [6.07, 6.45) is 9.37. The summed E-state index contributed by atoms with van der Waals surface area (Å²) in [5.41, 5.74) is 13.7. The Labute approximate surface area is 353 Å². The fourth-order valence-corrected chi connectivity index (χ4v) is 8.72. The number of piperidine rings is 2. The van der Waals surface area contributed by atoms with Gasteiger partial charge in [0.1, 0.15) is 16.6 Å². The zero-order valence-corrected chi connectivity index (χ0v) is 34.9. The first-order valence-electron chi connectivity index (χ1n) is 20.2. The van der Waals surface area contributed by atoms with Crippen LogP contribution in [-0.4, -0.2) is 122 Å². The van der Waals surface area contributed by atoms with E-state index in [1.165, 1.54) is 19.0 Å². The molecule has 9 rings (SSSR count). The van der Waals surface area contributed by atoms with Crippen molar-refractivity contribution in [2.45, 2.75) is 89.6 Å². The number of nitrogens with zero attached hydrogens (tertiary/aromatic N) is 10. The van der Waals surface area contributed by atoms with Crippen LogP contribution in [0.3, 0.4) is 0 Å². The van der Waals surface area contributed by atoms with Gasteiger partial charge in [0.2, 0.25) is 20.9 Å². The van der Waals surface area contributed by atoms with Gasteiger partial charge in [-0.2, -0.15) is 10.2 Å². The molecule has 3 fully saturated rings. The van der Waals surface area contributed by atoms with Crippen LogP contribution in [0.15, 0.2) is 41.8 Å². The second-order valence-corrected chi connectivity index (χ2v) is 18.5. The molecule has 3 saturated heterocycles. The number of benzene rings is 2. The van der Waals surface area contributed by atoms with Gasteiger partial charge in [-0.25, -0.2) is 33.1 Å². The predicted octanol–water partition coefficient (Wildman–Crippen LogP) is 4.29. The SMILES string of the molecule is C.CC(C)(C)OC(=O)N1CCC(n2nc(C(N)=O)c3ccc4cnc(S(C)(=O)=O)nc4c32)CC1.NC(=O)c1nn(C2CCNCC2)c2c1ccc1cnc(N3CCCC3)nc12. The van der Waals surface area contributed by atoms with E-state index in [0.29, 0.717) is 53.4 Å². The highest BCUT2D eigenvalue weighted by Gasteiger charge is 2.31. The number of nitrogens with two attached hydrogens (primary N) is 2. The van der Waals surface area contributed by atoms with E-state index >= 15 is 0 Å². The molecule has 0 aliphatic carbocycles. The third-order valence-corrected chi connectivity index (χ3v) is 12.0. The highest BCUT2D eigenvalue weighted by molar-refractivity contribution is 7.90. The van der Waals surface area contributed by atoms with Gasteiger partial charge in [-0.1, -0.05) is 19.6 Å². The van der Waals surface area contributed by atoms with Crippen LogP contribution in [0.5, 0.6) is 0 Å². The number of likely N-dealkylation sites (tertiary alicyclic amines) is 1. The minimum absolute atomic E-state index is 0. The van der Waals surface area contributed by atoms with E-state index in [1.54, 1.807) is 21.7 Å². The van der Waals surface area contributed by atoms with Crippen molar-refractivity contribution in [3.05, 3.63) is 48.0 Å². The normalized spacial score (nSPS) is 16.8. The molecule has 61 heavy (non-hydrogen) atoms. The van der Waals surface area contributed by atoms with Gasteiger partial charge in [0.25, 0.3) is 11.8 Å². The lowest BCUT2D eigenvalue weighted by molar-refractivity contribution is 0.0186. The molecule has 0 unspecified atom stereocenters. The number of primary amides is 2. The van der Waals surface area contributed by atoms with Crippen LogP contribution in [0.1, 0.15) is 99.8 Å². The molecule has 19 nitrogen and oxygen atoms in total. The zero-order chi connectivity index (χ0) is 42.5. The fraction of sp³-hybridized carbons (Fsp3) is 0.488. The number of carbonyl (C=O) groups excluding carboxylic acids is 3. The number of hydrogen-bond acceptors (Lipinski definition) is 14. The first-order chi connectivity index (χ1) is 28.6. The summed E-state index contributed by atoms with van der Waals surface area (Å²) in [6, 6.07) is 7.36. The minimum atomic E-state index is -3.64. The smallest absolute Gasteiger partial charge is 0.410 e. The number of amides is 3. The molecule has 5 N–H and O–H groups in total. The van der Waals surface area contributed by atoms with Crippen molar-refractivity contribution >= 4 is 77.3 Å². The molecule has 7 heterocycles. The van der Waals surface area contributed by atoms with Gasteiger partial charge < -0.3 is 31.3 Å². The Kier molecular flexibility index (Phi) is 11.9.